The highest BCUT2D eigenvalue weighted by molar-refractivity contribution is 7.18. The zero-order valence-electron chi connectivity index (χ0n) is 16.0. The molecule has 28 heavy (non-hydrogen) atoms. The topological polar surface area (TPSA) is 58.1 Å². The lowest BCUT2D eigenvalue weighted by atomic mass is 9.96. The molecule has 3 heterocycles. The van der Waals surface area contributed by atoms with Gasteiger partial charge in [-0.2, -0.15) is 0 Å². The Kier molecular flexibility index (Phi) is 5.26. The molecular weight excluding hydrogens is 375 g/mol. The van der Waals surface area contributed by atoms with Gasteiger partial charge in [0.25, 0.3) is 0 Å². The molecule has 1 atom stereocenters. The summed E-state index contributed by atoms with van der Waals surface area (Å²) in [4.78, 5) is 26.1. The number of aromatic nitrogens is 2. The van der Waals surface area contributed by atoms with E-state index in [2.05, 4.69) is 33.2 Å². The molecule has 1 amide bonds. The van der Waals surface area contributed by atoms with Gasteiger partial charge in [0.2, 0.25) is 5.91 Å². The van der Waals surface area contributed by atoms with Crippen molar-refractivity contribution < 1.29 is 9.18 Å². The predicted molar refractivity (Wildman–Crippen MR) is 111 cm³/mol. The summed E-state index contributed by atoms with van der Waals surface area (Å²) in [5.41, 5.74) is 1.07. The number of fused-ring (bicyclic) bond motifs is 1. The first kappa shape index (κ1) is 18.8. The van der Waals surface area contributed by atoms with Gasteiger partial charge in [-0.05, 0) is 49.9 Å². The number of aryl methyl sites for hydroxylation is 2. The number of carbonyl (C=O) groups is 1. The first-order chi connectivity index (χ1) is 13.5. The molecular formula is C21H23FN4OS. The maximum atomic E-state index is 13.8. The number of hydrogen-bond donors (Lipinski definition) is 1. The Hall–Kier alpha value is -2.54. The minimum Gasteiger partial charge on any atom is -0.355 e. The molecule has 0 aliphatic carbocycles. The summed E-state index contributed by atoms with van der Waals surface area (Å²) >= 11 is 1.69. The van der Waals surface area contributed by atoms with Crippen molar-refractivity contribution in [2.75, 3.05) is 23.3 Å². The van der Waals surface area contributed by atoms with Crippen LogP contribution in [0.5, 0.6) is 0 Å². The number of thiophene rings is 1. The lowest BCUT2D eigenvalue weighted by Gasteiger charge is -2.33. The lowest BCUT2D eigenvalue weighted by molar-refractivity contribution is -0.120. The van der Waals surface area contributed by atoms with Gasteiger partial charge in [-0.3, -0.25) is 4.79 Å². The van der Waals surface area contributed by atoms with Crippen LogP contribution in [0.2, 0.25) is 0 Å². The maximum Gasteiger partial charge on any atom is 0.229 e. The minimum atomic E-state index is -0.310. The summed E-state index contributed by atoms with van der Waals surface area (Å²) in [5.74, 6) is 0.362. The van der Waals surface area contributed by atoms with Crippen LogP contribution in [0.3, 0.4) is 0 Å². The van der Waals surface area contributed by atoms with Crippen LogP contribution in [0, 0.1) is 18.7 Å². The van der Waals surface area contributed by atoms with E-state index in [1.807, 2.05) is 0 Å². The zero-order valence-corrected chi connectivity index (χ0v) is 16.9. The molecule has 0 bridgehead atoms. The predicted octanol–water partition coefficient (Wildman–Crippen LogP) is 4.56. The molecule has 7 heteroatoms. The Balaban J connectivity index is 1.52. The number of carbonyl (C=O) groups excluding carboxylic acids is 1. The first-order valence-electron chi connectivity index (χ1n) is 9.60. The number of nitrogens with one attached hydrogen (secondary N) is 1. The fraction of sp³-hybridized carbons (Fsp3) is 0.381. The minimum absolute atomic E-state index is 0.0715. The molecule has 1 N–H and O–H groups in total. The van der Waals surface area contributed by atoms with Crippen molar-refractivity contribution in [3.63, 3.8) is 0 Å². The summed E-state index contributed by atoms with van der Waals surface area (Å²) in [7, 11) is 0. The SMILES string of the molecule is CCc1cc2c(N3CCC[C@@H](C(=O)Nc4ccc(C)c(F)c4)C3)ncnc2s1. The van der Waals surface area contributed by atoms with Crippen molar-refractivity contribution in [3.8, 4) is 0 Å². The molecule has 2 aromatic heterocycles. The Morgan fingerprint density at radius 2 is 2.21 bits per heavy atom. The maximum absolute atomic E-state index is 13.8. The van der Waals surface area contributed by atoms with E-state index in [9.17, 15) is 9.18 Å². The Morgan fingerprint density at radius 1 is 1.36 bits per heavy atom. The van der Waals surface area contributed by atoms with Crippen LogP contribution in [0.1, 0.15) is 30.2 Å². The summed E-state index contributed by atoms with van der Waals surface area (Å²) < 4.78 is 13.8. The molecule has 0 unspecified atom stereocenters. The van der Waals surface area contributed by atoms with Gasteiger partial charge >= 0.3 is 0 Å². The Bertz CT molecular complexity index is 1020. The van der Waals surface area contributed by atoms with Crippen molar-refractivity contribution >= 4 is 39.0 Å². The van der Waals surface area contributed by atoms with Gasteiger partial charge in [0.05, 0.1) is 11.3 Å². The molecule has 1 saturated heterocycles. The van der Waals surface area contributed by atoms with Crippen molar-refractivity contribution in [1.82, 2.24) is 9.97 Å². The largest absolute Gasteiger partial charge is 0.355 e. The number of anilines is 2. The quantitative estimate of drug-likeness (QED) is 0.700. The molecule has 0 spiro atoms. The normalized spacial score (nSPS) is 17.1. The molecule has 1 aromatic carbocycles. The van der Waals surface area contributed by atoms with Crippen LogP contribution in [0.15, 0.2) is 30.6 Å². The fourth-order valence-electron chi connectivity index (χ4n) is 3.62. The lowest BCUT2D eigenvalue weighted by Crippen LogP contribution is -2.41. The molecule has 0 radical (unpaired) electrons. The van der Waals surface area contributed by atoms with E-state index in [1.54, 1.807) is 36.7 Å². The second kappa shape index (κ2) is 7.83. The number of benzene rings is 1. The van der Waals surface area contributed by atoms with Crippen molar-refractivity contribution in [2.45, 2.75) is 33.1 Å². The third kappa shape index (κ3) is 3.71. The summed E-state index contributed by atoms with van der Waals surface area (Å²) in [6, 6.07) is 6.95. The van der Waals surface area contributed by atoms with Crippen molar-refractivity contribution in [1.29, 1.82) is 0 Å². The van der Waals surface area contributed by atoms with Crippen molar-refractivity contribution in [2.24, 2.45) is 5.92 Å². The molecule has 5 nitrogen and oxygen atoms in total. The Morgan fingerprint density at radius 3 is 3.00 bits per heavy atom. The number of halogens is 1. The number of nitrogens with zero attached hydrogens (tertiary/aromatic N) is 3. The van der Waals surface area contributed by atoms with Gasteiger partial charge < -0.3 is 10.2 Å². The first-order valence-corrected chi connectivity index (χ1v) is 10.4. The van der Waals surface area contributed by atoms with Gasteiger partial charge in [-0.15, -0.1) is 11.3 Å². The third-order valence-corrected chi connectivity index (χ3v) is 6.43. The van der Waals surface area contributed by atoms with Gasteiger partial charge in [-0.1, -0.05) is 13.0 Å². The van der Waals surface area contributed by atoms with Crippen LogP contribution in [-0.2, 0) is 11.2 Å². The van der Waals surface area contributed by atoms with Crippen molar-refractivity contribution in [3.05, 3.63) is 46.9 Å². The molecule has 146 valence electrons. The Labute approximate surface area is 167 Å². The standard InChI is InChI=1S/C21H23FN4OS/c1-3-16-10-17-19(23-12-24-21(17)28-16)26-8-4-5-14(11-26)20(27)25-15-7-6-13(2)18(22)9-15/h6-7,9-10,12,14H,3-5,8,11H2,1-2H3,(H,25,27)/t14-/m1/s1. The monoisotopic (exact) mass is 398 g/mol. The zero-order chi connectivity index (χ0) is 19.7. The second-order valence-electron chi connectivity index (χ2n) is 7.22. The van der Waals surface area contributed by atoms with E-state index in [1.165, 1.54) is 10.9 Å². The van der Waals surface area contributed by atoms with E-state index in [0.29, 0.717) is 17.8 Å². The average molecular weight is 399 g/mol. The number of amides is 1. The molecule has 1 aliphatic rings. The van der Waals surface area contributed by atoms with Crippen LogP contribution in [0.25, 0.3) is 10.2 Å². The van der Waals surface area contributed by atoms with E-state index in [4.69, 9.17) is 0 Å². The molecule has 0 saturated carbocycles. The molecule has 4 rings (SSSR count). The third-order valence-electron chi connectivity index (χ3n) is 5.24. The summed E-state index contributed by atoms with van der Waals surface area (Å²) in [6.07, 6.45) is 4.30. The summed E-state index contributed by atoms with van der Waals surface area (Å²) in [5, 5.41) is 3.93. The van der Waals surface area contributed by atoms with Crippen LogP contribution in [0.4, 0.5) is 15.9 Å². The summed E-state index contributed by atoms with van der Waals surface area (Å²) in [6.45, 7) is 5.31. The van der Waals surface area contributed by atoms with Crippen LogP contribution < -0.4 is 10.2 Å². The van der Waals surface area contributed by atoms with E-state index in [-0.39, 0.29) is 17.6 Å². The highest BCUT2D eigenvalue weighted by Gasteiger charge is 2.28. The highest BCUT2D eigenvalue weighted by Crippen LogP contribution is 2.32. The number of rotatable bonds is 4. The fourth-order valence-corrected chi connectivity index (χ4v) is 4.55. The second-order valence-corrected chi connectivity index (χ2v) is 8.34. The number of hydrogen-bond acceptors (Lipinski definition) is 5. The van der Waals surface area contributed by atoms with Crippen LogP contribution >= 0.6 is 11.3 Å². The average Bonchev–Trinajstić information content (AvgIpc) is 3.14. The van der Waals surface area contributed by atoms with Crippen LogP contribution in [-0.4, -0.2) is 29.0 Å². The highest BCUT2D eigenvalue weighted by atomic mass is 32.1. The smallest absolute Gasteiger partial charge is 0.229 e. The van der Waals surface area contributed by atoms with E-state index >= 15 is 0 Å². The van der Waals surface area contributed by atoms with E-state index < -0.39 is 0 Å². The molecule has 1 fully saturated rings. The van der Waals surface area contributed by atoms with Gasteiger partial charge in [0.15, 0.2) is 0 Å². The van der Waals surface area contributed by atoms with Gasteiger partial charge in [0, 0.05) is 23.7 Å². The molecule has 1 aliphatic heterocycles. The van der Waals surface area contributed by atoms with Gasteiger partial charge in [-0.25, -0.2) is 14.4 Å². The van der Waals surface area contributed by atoms with Gasteiger partial charge in [0.1, 0.15) is 22.8 Å². The number of piperidine rings is 1. The molecule has 3 aromatic rings. The van der Waals surface area contributed by atoms with E-state index in [0.717, 1.165) is 41.8 Å².